The Kier molecular flexibility index (Phi) is 4.05. The third-order valence-corrected chi connectivity index (χ3v) is 3.28. The molecule has 0 atom stereocenters. The van der Waals surface area contributed by atoms with Crippen LogP contribution in [0.3, 0.4) is 0 Å². The van der Waals surface area contributed by atoms with Crippen molar-refractivity contribution in [2.45, 2.75) is 13.5 Å². The van der Waals surface area contributed by atoms with Gasteiger partial charge in [-0.3, -0.25) is 4.98 Å². The zero-order chi connectivity index (χ0) is 14.8. The maximum atomic E-state index is 13.7. The summed E-state index contributed by atoms with van der Waals surface area (Å²) in [5, 5.41) is 3.93. The van der Waals surface area contributed by atoms with E-state index in [0.29, 0.717) is 11.1 Å². The number of rotatable bonds is 4. The molecule has 0 saturated carbocycles. The van der Waals surface area contributed by atoms with Gasteiger partial charge in [-0.1, -0.05) is 4.68 Å². The van der Waals surface area contributed by atoms with Gasteiger partial charge in [0.25, 0.3) is 0 Å². The zero-order valence-electron chi connectivity index (χ0n) is 10.7. The summed E-state index contributed by atoms with van der Waals surface area (Å²) in [7, 11) is -4.28. The molecule has 2 rings (SSSR count). The van der Waals surface area contributed by atoms with E-state index in [1.807, 2.05) is 0 Å². The van der Waals surface area contributed by atoms with Crippen molar-refractivity contribution in [3.63, 3.8) is 0 Å². The van der Waals surface area contributed by atoms with Crippen molar-refractivity contribution in [2.24, 2.45) is 0 Å². The smallest absolute Gasteiger partial charge is 0.197 e. The number of aromatic nitrogens is 3. The van der Waals surface area contributed by atoms with Gasteiger partial charge in [-0.15, -0.1) is 0 Å². The molecule has 2 aromatic rings. The van der Waals surface area contributed by atoms with E-state index in [9.17, 15) is 17.4 Å². The van der Waals surface area contributed by atoms with Crippen molar-refractivity contribution < 1.29 is 22.0 Å². The van der Waals surface area contributed by atoms with Crippen molar-refractivity contribution in [3.05, 3.63) is 42.1 Å². The van der Waals surface area contributed by atoms with E-state index in [4.69, 9.17) is 0 Å². The molecule has 0 aliphatic carbocycles. The first-order valence-electron chi connectivity index (χ1n) is 5.77. The molecule has 0 amide bonds. The van der Waals surface area contributed by atoms with Crippen LogP contribution in [0.15, 0.2) is 30.7 Å². The van der Waals surface area contributed by atoms with Gasteiger partial charge in [0.1, 0.15) is 27.8 Å². The van der Waals surface area contributed by atoms with E-state index >= 15 is 0 Å². The minimum atomic E-state index is -4.28. The Labute approximate surface area is 115 Å². The summed E-state index contributed by atoms with van der Waals surface area (Å²) in [5.74, 6) is -0.993. The summed E-state index contributed by atoms with van der Waals surface area (Å²) in [4.78, 5) is 3.99. The molecule has 20 heavy (non-hydrogen) atoms. The predicted molar refractivity (Wildman–Crippen MR) is 66.9 cm³/mol. The Morgan fingerprint density at radius 1 is 1.40 bits per heavy atom. The second kappa shape index (κ2) is 5.59. The zero-order valence-corrected chi connectivity index (χ0v) is 11.5. The number of hydrogen-bond donors (Lipinski definition) is 0. The van der Waals surface area contributed by atoms with E-state index in [-0.39, 0.29) is 12.2 Å². The predicted octanol–water partition coefficient (Wildman–Crippen LogP) is 0.424. The van der Waals surface area contributed by atoms with Crippen molar-refractivity contribution in [1.29, 1.82) is 0 Å². The Morgan fingerprint density at radius 2 is 2.15 bits per heavy atom. The summed E-state index contributed by atoms with van der Waals surface area (Å²) in [6, 6.07) is 2.93. The van der Waals surface area contributed by atoms with E-state index in [0.717, 1.165) is 0 Å². The molecule has 0 radical (unpaired) electrons. The molecule has 0 unspecified atom stereocenters. The molecular formula is C12H12FN3O3S. The molecule has 8 heteroatoms. The van der Waals surface area contributed by atoms with E-state index in [2.05, 4.69) is 10.1 Å². The van der Waals surface area contributed by atoms with E-state index in [1.165, 1.54) is 23.1 Å². The quantitative estimate of drug-likeness (QED) is 0.603. The van der Waals surface area contributed by atoms with Gasteiger partial charge in [0.15, 0.2) is 12.7 Å². The van der Waals surface area contributed by atoms with Gasteiger partial charge in [-0.2, -0.15) is 0 Å². The van der Waals surface area contributed by atoms with Gasteiger partial charge in [0.05, 0.1) is 5.75 Å². The fraction of sp³-hybridized carbons (Fsp3) is 0.250. The largest absolute Gasteiger partial charge is 0.748 e. The fourth-order valence-electron chi connectivity index (χ4n) is 1.61. The van der Waals surface area contributed by atoms with Crippen LogP contribution in [-0.4, -0.2) is 28.8 Å². The van der Waals surface area contributed by atoms with Crippen LogP contribution in [0.25, 0.3) is 11.3 Å². The highest BCUT2D eigenvalue weighted by Gasteiger charge is 2.11. The molecule has 6 nitrogen and oxygen atoms in total. The number of hydrogen-bond acceptors (Lipinski definition) is 5. The maximum absolute atomic E-state index is 13.7. The molecule has 2 heterocycles. The Bertz CT molecular complexity index is 717. The molecule has 0 aromatic carbocycles. The number of pyridine rings is 1. The summed E-state index contributed by atoms with van der Waals surface area (Å²) >= 11 is 0. The monoisotopic (exact) mass is 297 g/mol. The highest BCUT2D eigenvalue weighted by Crippen LogP contribution is 2.18. The number of halogens is 1. The second-order valence-corrected chi connectivity index (χ2v) is 5.81. The van der Waals surface area contributed by atoms with Gasteiger partial charge in [-0.25, -0.2) is 12.8 Å². The molecule has 0 aliphatic heterocycles. The lowest BCUT2D eigenvalue weighted by molar-refractivity contribution is -0.750. The Balaban J connectivity index is 2.19. The van der Waals surface area contributed by atoms with Crippen molar-refractivity contribution in [1.82, 2.24) is 10.1 Å². The third kappa shape index (κ3) is 3.78. The van der Waals surface area contributed by atoms with Gasteiger partial charge in [0.2, 0.25) is 0 Å². The van der Waals surface area contributed by atoms with Gasteiger partial charge >= 0.3 is 0 Å². The van der Waals surface area contributed by atoms with Crippen LogP contribution in [0.1, 0.15) is 5.56 Å². The molecule has 106 valence electrons. The molecule has 0 aliphatic rings. The first kappa shape index (κ1) is 14.5. The third-order valence-electron chi connectivity index (χ3n) is 2.59. The van der Waals surface area contributed by atoms with Crippen LogP contribution in [0.2, 0.25) is 0 Å². The average molecular weight is 297 g/mol. The lowest BCUT2D eigenvalue weighted by Gasteiger charge is -2.03. The van der Waals surface area contributed by atoms with Gasteiger partial charge < -0.3 is 4.55 Å². The Hall–Kier alpha value is -1.93. The molecule has 2 aromatic heterocycles. The average Bonchev–Trinajstić information content (AvgIpc) is 2.36. The summed E-state index contributed by atoms with van der Waals surface area (Å²) in [6.45, 7) is 1.69. The van der Waals surface area contributed by atoms with Gasteiger partial charge in [-0.05, 0) is 23.7 Å². The lowest BCUT2D eigenvalue weighted by Crippen LogP contribution is -2.40. The van der Waals surface area contributed by atoms with Crippen LogP contribution in [0.5, 0.6) is 0 Å². The standard InChI is InChI=1S/C12H12FN3O3S/c1-9-6-11(13)12(14-7-9)10-2-3-16(15-8-10)4-5-20(17,18)19/h2-3,6-8H,4-5H2,1H3. The second-order valence-electron chi connectivity index (χ2n) is 4.28. The van der Waals surface area contributed by atoms with Gasteiger partial charge in [0, 0.05) is 17.8 Å². The van der Waals surface area contributed by atoms with Crippen LogP contribution in [0.4, 0.5) is 4.39 Å². The summed E-state index contributed by atoms with van der Waals surface area (Å²) in [6.07, 6.45) is 4.39. The SMILES string of the molecule is Cc1cnc(-c2cc[n+](CCS(=O)(=O)[O-])nc2)c(F)c1. The molecular weight excluding hydrogens is 285 g/mol. The summed E-state index contributed by atoms with van der Waals surface area (Å²) < 4.78 is 46.6. The van der Waals surface area contributed by atoms with Crippen LogP contribution >= 0.6 is 0 Å². The normalized spacial score (nSPS) is 11.6. The van der Waals surface area contributed by atoms with Crippen LogP contribution in [-0.2, 0) is 16.7 Å². The van der Waals surface area contributed by atoms with Crippen molar-refractivity contribution in [3.8, 4) is 11.3 Å². The van der Waals surface area contributed by atoms with Crippen molar-refractivity contribution >= 4 is 10.1 Å². The fourth-order valence-corrected chi connectivity index (χ4v) is 2.02. The summed E-state index contributed by atoms with van der Waals surface area (Å²) in [5.41, 5.74) is 1.36. The minimum Gasteiger partial charge on any atom is -0.748 e. The Morgan fingerprint density at radius 3 is 2.70 bits per heavy atom. The van der Waals surface area contributed by atoms with Crippen molar-refractivity contribution in [2.75, 3.05) is 5.75 Å². The lowest BCUT2D eigenvalue weighted by atomic mass is 10.2. The topological polar surface area (TPSA) is 86.9 Å². The first-order chi connectivity index (χ1) is 9.35. The van der Waals surface area contributed by atoms with Crippen LogP contribution < -0.4 is 4.68 Å². The molecule has 0 bridgehead atoms. The highest BCUT2D eigenvalue weighted by molar-refractivity contribution is 7.85. The minimum absolute atomic E-state index is 0.0457. The first-order valence-corrected chi connectivity index (χ1v) is 7.35. The highest BCUT2D eigenvalue weighted by atomic mass is 32.2. The number of nitrogens with zero attached hydrogens (tertiary/aromatic N) is 3. The number of aryl methyl sites for hydroxylation is 2. The van der Waals surface area contributed by atoms with Crippen LogP contribution in [0, 0.1) is 12.7 Å². The van der Waals surface area contributed by atoms with E-state index < -0.39 is 21.7 Å². The maximum Gasteiger partial charge on any atom is 0.197 e. The molecule has 0 saturated heterocycles. The molecule has 0 spiro atoms. The molecule has 0 fully saturated rings. The molecule has 0 N–H and O–H groups in total. The van der Waals surface area contributed by atoms with E-state index in [1.54, 1.807) is 19.2 Å².